The van der Waals surface area contributed by atoms with Crippen molar-refractivity contribution in [3.8, 4) is 6.07 Å². The summed E-state index contributed by atoms with van der Waals surface area (Å²) in [7, 11) is 0. The highest BCUT2D eigenvalue weighted by Gasteiger charge is 2.13. The lowest BCUT2D eigenvalue weighted by molar-refractivity contribution is 0.417. The van der Waals surface area contributed by atoms with Crippen molar-refractivity contribution >= 4 is 40.1 Å². The maximum atomic E-state index is 9.30. The van der Waals surface area contributed by atoms with E-state index < -0.39 is 0 Å². The smallest absolute Gasteiger partial charge is 0.101 e. The second-order valence-corrected chi connectivity index (χ2v) is 8.59. The minimum atomic E-state index is 0.249. The Balaban J connectivity index is 3.92. The van der Waals surface area contributed by atoms with E-state index in [0.29, 0.717) is 5.92 Å². The van der Waals surface area contributed by atoms with E-state index in [4.69, 9.17) is 12.2 Å². The Morgan fingerprint density at radius 1 is 1.05 bits per heavy atom. The third-order valence-electron chi connectivity index (χ3n) is 3.90. The summed E-state index contributed by atoms with van der Waals surface area (Å²) in [6.45, 7) is 4.46. The molecule has 21 heavy (non-hydrogen) atoms. The monoisotopic (exact) mass is 345 g/mol. The van der Waals surface area contributed by atoms with E-state index >= 15 is 0 Å². The summed E-state index contributed by atoms with van der Waals surface area (Å²) in [5, 5.41) is 9.30. The Hall–Kier alpha value is 0.280. The molecule has 4 heteroatoms. The minimum absolute atomic E-state index is 0.249. The molecule has 0 bridgehead atoms. The molecule has 2 atom stereocenters. The van der Waals surface area contributed by atoms with Crippen LogP contribution in [0.1, 0.15) is 78.1 Å². The molecule has 0 N–H and O–H groups in total. The summed E-state index contributed by atoms with van der Waals surface area (Å²) in [4.78, 5) is 0. The SMILES string of the molecule is CCCCCCCC(C#N)CCC(CCC)CSC(=S)S. The summed E-state index contributed by atoms with van der Waals surface area (Å²) >= 11 is 10.9. The van der Waals surface area contributed by atoms with E-state index in [1.807, 2.05) is 0 Å². The maximum Gasteiger partial charge on any atom is 0.101 e. The molecule has 0 aliphatic carbocycles. The topological polar surface area (TPSA) is 23.8 Å². The summed E-state index contributed by atoms with van der Waals surface area (Å²) in [6.07, 6.45) is 12.2. The predicted molar refractivity (Wildman–Crippen MR) is 104 cm³/mol. The lowest BCUT2D eigenvalue weighted by Crippen LogP contribution is -2.08. The number of unbranched alkanes of at least 4 members (excludes halogenated alkanes) is 4. The second-order valence-electron chi connectivity index (χ2n) is 5.84. The number of hydrogen-bond donors (Lipinski definition) is 1. The quantitative estimate of drug-likeness (QED) is 0.230. The van der Waals surface area contributed by atoms with Gasteiger partial charge in [0, 0.05) is 11.7 Å². The average molecular weight is 346 g/mol. The van der Waals surface area contributed by atoms with Crippen molar-refractivity contribution in [1.29, 1.82) is 5.26 Å². The molecule has 122 valence electrons. The zero-order valence-corrected chi connectivity index (χ0v) is 16.2. The van der Waals surface area contributed by atoms with Crippen LogP contribution in [0.3, 0.4) is 0 Å². The van der Waals surface area contributed by atoms with Gasteiger partial charge in [0.15, 0.2) is 0 Å². The Bertz CT molecular complexity index is 299. The molecule has 0 aromatic heterocycles. The predicted octanol–water partition coefficient (Wildman–Crippen LogP) is 6.63. The van der Waals surface area contributed by atoms with Crippen LogP contribution in [-0.2, 0) is 0 Å². The molecule has 0 fully saturated rings. The van der Waals surface area contributed by atoms with Gasteiger partial charge in [-0.3, -0.25) is 0 Å². The highest BCUT2D eigenvalue weighted by atomic mass is 32.2. The fourth-order valence-electron chi connectivity index (χ4n) is 2.61. The largest absolute Gasteiger partial charge is 0.198 e. The van der Waals surface area contributed by atoms with Gasteiger partial charge in [0.25, 0.3) is 0 Å². The molecular formula is C17H31NS3. The van der Waals surface area contributed by atoms with Crippen LogP contribution < -0.4 is 0 Å². The van der Waals surface area contributed by atoms with Crippen LogP contribution in [0.25, 0.3) is 0 Å². The van der Waals surface area contributed by atoms with Crippen LogP contribution in [0.15, 0.2) is 0 Å². The van der Waals surface area contributed by atoms with Crippen molar-refractivity contribution in [3.63, 3.8) is 0 Å². The van der Waals surface area contributed by atoms with Crippen LogP contribution in [-0.4, -0.2) is 9.28 Å². The van der Waals surface area contributed by atoms with Crippen molar-refractivity contribution in [1.82, 2.24) is 0 Å². The lowest BCUT2D eigenvalue weighted by atomic mass is 9.91. The van der Waals surface area contributed by atoms with E-state index in [1.54, 1.807) is 11.8 Å². The second kappa shape index (κ2) is 15.2. The first-order valence-corrected chi connectivity index (χ1v) is 10.2. The zero-order chi connectivity index (χ0) is 15.9. The van der Waals surface area contributed by atoms with Gasteiger partial charge in [-0.1, -0.05) is 64.6 Å². The molecule has 1 nitrogen and oxygen atoms in total. The van der Waals surface area contributed by atoms with Crippen molar-refractivity contribution in [3.05, 3.63) is 0 Å². The fourth-order valence-corrected chi connectivity index (χ4v) is 3.75. The summed E-state index contributed by atoms with van der Waals surface area (Å²) in [5.41, 5.74) is 0. The first-order chi connectivity index (χ1) is 10.1. The summed E-state index contributed by atoms with van der Waals surface area (Å²) in [5.74, 6) is 1.99. The van der Waals surface area contributed by atoms with Gasteiger partial charge < -0.3 is 0 Å². The van der Waals surface area contributed by atoms with Crippen LogP contribution in [0, 0.1) is 23.2 Å². The van der Waals surface area contributed by atoms with Gasteiger partial charge in [0.1, 0.15) is 3.53 Å². The highest BCUT2D eigenvalue weighted by molar-refractivity contribution is 8.41. The standard InChI is InChI=1S/C17H31NS3/c1-3-5-6-7-8-10-15(13-18)11-12-16(9-4-2)14-21-17(19)20/h15-16H,3-12,14H2,1-2H3,(H,19,20). The third kappa shape index (κ3) is 13.7. The van der Waals surface area contributed by atoms with Gasteiger partial charge in [-0.05, 0) is 31.6 Å². The summed E-state index contributed by atoms with van der Waals surface area (Å²) in [6, 6.07) is 2.51. The normalized spacial score (nSPS) is 13.6. The van der Waals surface area contributed by atoms with Crippen LogP contribution in [0.4, 0.5) is 0 Å². The molecule has 0 spiro atoms. The molecule has 0 heterocycles. The van der Waals surface area contributed by atoms with Gasteiger partial charge in [-0.15, -0.1) is 24.4 Å². The average Bonchev–Trinajstić information content (AvgIpc) is 2.47. The van der Waals surface area contributed by atoms with Gasteiger partial charge in [0.2, 0.25) is 0 Å². The molecule has 0 radical (unpaired) electrons. The van der Waals surface area contributed by atoms with Gasteiger partial charge in [0.05, 0.1) is 6.07 Å². The van der Waals surface area contributed by atoms with E-state index in [2.05, 4.69) is 32.5 Å². The van der Waals surface area contributed by atoms with Crippen molar-refractivity contribution in [2.75, 3.05) is 5.75 Å². The maximum absolute atomic E-state index is 9.30. The molecule has 0 saturated heterocycles. The number of nitrogens with zero attached hydrogens (tertiary/aromatic N) is 1. The van der Waals surface area contributed by atoms with Crippen molar-refractivity contribution in [2.24, 2.45) is 11.8 Å². The molecule has 0 aliphatic rings. The first kappa shape index (κ1) is 21.3. The lowest BCUT2D eigenvalue weighted by Gasteiger charge is -2.17. The number of thiocarbonyl (C=S) groups is 1. The number of nitriles is 1. The molecule has 0 aromatic rings. The zero-order valence-electron chi connectivity index (χ0n) is 13.6. The van der Waals surface area contributed by atoms with Crippen LogP contribution >= 0.6 is 36.6 Å². The fraction of sp³-hybridized carbons (Fsp3) is 0.882. The Kier molecular flexibility index (Phi) is 15.4. The van der Waals surface area contributed by atoms with E-state index in [-0.39, 0.29) is 5.92 Å². The van der Waals surface area contributed by atoms with E-state index in [9.17, 15) is 5.26 Å². The molecule has 0 rings (SSSR count). The Labute approximate surface area is 147 Å². The highest BCUT2D eigenvalue weighted by Crippen LogP contribution is 2.25. The molecule has 0 aliphatic heterocycles. The Morgan fingerprint density at radius 2 is 1.76 bits per heavy atom. The minimum Gasteiger partial charge on any atom is -0.198 e. The van der Waals surface area contributed by atoms with Crippen LogP contribution in [0.5, 0.6) is 0 Å². The van der Waals surface area contributed by atoms with E-state index in [0.717, 1.165) is 28.5 Å². The molecule has 0 saturated carbocycles. The molecule has 0 aromatic carbocycles. The third-order valence-corrected chi connectivity index (χ3v) is 5.53. The summed E-state index contributed by atoms with van der Waals surface area (Å²) < 4.78 is 0.740. The molecular weight excluding hydrogens is 314 g/mol. The first-order valence-electron chi connectivity index (χ1n) is 8.39. The number of thiol groups is 1. The van der Waals surface area contributed by atoms with Crippen LogP contribution in [0.2, 0.25) is 0 Å². The van der Waals surface area contributed by atoms with Gasteiger partial charge >= 0.3 is 0 Å². The van der Waals surface area contributed by atoms with Crippen molar-refractivity contribution in [2.45, 2.75) is 78.1 Å². The van der Waals surface area contributed by atoms with E-state index in [1.165, 1.54) is 44.9 Å². The van der Waals surface area contributed by atoms with Gasteiger partial charge in [-0.2, -0.15) is 5.26 Å². The molecule has 2 unspecified atom stereocenters. The Morgan fingerprint density at radius 3 is 2.33 bits per heavy atom. The number of thioether (sulfide) groups is 1. The van der Waals surface area contributed by atoms with Crippen molar-refractivity contribution < 1.29 is 0 Å². The number of rotatable bonds is 13. The number of hydrogen-bond acceptors (Lipinski definition) is 3. The molecule has 0 amide bonds. The van der Waals surface area contributed by atoms with Gasteiger partial charge in [-0.25, -0.2) is 0 Å².